The molecule has 8 heteroatoms. The van der Waals surface area contributed by atoms with Gasteiger partial charge in [-0.05, 0) is 48.0 Å². The fourth-order valence-corrected chi connectivity index (χ4v) is 3.66. The Kier molecular flexibility index (Phi) is 4.59. The summed E-state index contributed by atoms with van der Waals surface area (Å²) in [4.78, 5) is 12.7. The summed E-state index contributed by atoms with van der Waals surface area (Å²) >= 11 is 0. The lowest BCUT2D eigenvalue weighted by Gasteiger charge is -2.07. The highest BCUT2D eigenvalue weighted by Gasteiger charge is 2.18. The molecule has 5 N–H and O–H groups in total. The van der Waals surface area contributed by atoms with Gasteiger partial charge in [-0.1, -0.05) is 30.3 Å². The number of hydrogen-bond donors (Lipinski definition) is 3. The van der Waals surface area contributed by atoms with Gasteiger partial charge in [0.15, 0.2) is 17.4 Å². The first-order valence-corrected chi connectivity index (χ1v) is 9.79. The second kappa shape index (κ2) is 7.59. The van der Waals surface area contributed by atoms with E-state index < -0.39 is 5.82 Å². The first-order chi connectivity index (χ1) is 15.5. The molecule has 2 heterocycles. The van der Waals surface area contributed by atoms with Crippen molar-refractivity contribution in [2.45, 2.75) is 0 Å². The first-order valence-electron chi connectivity index (χ1n) is 9.79. The lowest BCUT2D eigenvalue weighted by atomic mass is 10.1. The van der Waals surface area contributed by atoms with Crippen LogP contribution in [0.3, 0.4) is 0 Å². The molecule has 0 radical (unpaired) electrons. The van der Waals surface area contributed by atoms with Crippen LogP contribution < -0.4 is 21.8 Å². The van der Waals surface area contributed by atoms with Crippen molar-refractivity contribution in [2.24, 2.45) is 0 Å². The third kappa shape index (κ3) is 3.33. The molecule has 2 aromatic heterocycles. The number of anilines is 2. The van der Waals surface area contributed by atoms with Crippen LogP contribution in [0.1, 0.15) is 0 Å². The Morgan fingerprint density at radius 1 is 0.969 bits per heavy atom. The molecule has 0 aliphatic rings. The van der Waals surface area contributed by atoms with Crippen LogP contribution in [0, 0.1) is 5.82 Å². The Labute approximate surface area is 181 Å². The van der Waals surface area contributed by atoms with Crippen molar-refractivity contribution < 1.29 is 9.13 Å². The monoisotopic (exact) mass is 427 g/mol. The SMILES string of the molecule is Nc1cccc(-n2cc(-c3ccc(Oc4ccccc4F)cc3)c3c(N)n[nH]c(=O)c32)c1. The van der Waals surface area contributed by atoms with Crippen LogP contribution in [0.25, 0.3) is 27.7 Å². The van der Waals surface area contributed by atoms with E-state index in [1.807, 2.05) is 30.5 Å². The molecule has 0 fully saturated rings. The molecule has 7 nitrogen and oxygen atoms in total. The minimum atomic E-state index is -0.445. The second-order valence-electron chi connectivity index (χ2n) is 7.23. The van der Waals surface area contributed by atoms with E-state index in [0.717, 1.165) is 16.8 Å². The largest absolute Gasteiger partial charge is 0.454 e. The van der Waals surface area contributed by atoms with Gasteiger partial charge < -0.3 is 20.8 Å². The Bertz CT molecular complexity index is 1510. The highest BCUT2D eigenvalue weighted by Crippen LogP contribution is 2.35. The summed E-state index contributed by atoms with van der Waals surface area (Å²) in [5, 5.41) is 6.90. The Morgan fingerprint density at radius 3 is 2.50 bits per heavy atom. The number of rotatable bonds is 4. The van der Waals surface area contributed by atoms with Crippen molar-refractivity contribution in [1.82, 2.24) is 14.8 Å². The van der Waals surface area contributed by atoms with E-state index in [-0.39, 0.29) is 17.1 Å². The van der Waals surface area contributed by atoms with Crippen LogP contribution >= 0.6 is 0 Å². The number of nitrogen functional groups attached to an aromatic ring is 2. The van der Waals surface area contributed by atoms with Gasteiger partial charge in [0, 0.05) is 23.1 Å². The molecular formula is C24H18FN5O2. The first kappa shape index (κ1) is 19.4. The number of aromatic amines is 1. The predicted octanol–water partition coefficient (Wildman–Crippen LogP) is 4.48. The van der Waals surface area contributed by atoms with Gasteiger partial charge in [0.1, 0.15) is 11.3 Å². The van der Waals surface area contributed by atoms with Crippen LogP contribution in [-0.2, 0) is 0 Å². The lowest BCUT2D eigenvalue weighted by Crippen LogP contribution is -2.13. The standard InChI is InChI=1S/C24H18FN5O2/c25-19-6-1-2-7-20(19)32-17-10-8-14(9-11-17)18-13-30(16-5-3-4-15(26)12-16)22-21(18)23(27)28-29-24(22)31/h1-13H,26H2,(H2,27,28)(H,29,31). The summed E-state index contributed by atoms with van der Waals surface area (Å²) in [5.74, 6) is 0.365. The van der Waals surface area contributed by atoms with Crippen LogP contribution in [-0.4, -0.2) is 14.8 Å². The zero-order valence-corrected chi connectivity index (χ0v) is 16.7. The predicted molar refractivity (Wildman–Crippen MR) is 122 cm³/mol. The average Bonchev–Trinajstić information content (AvgIpc) is 3.21. The third-order valence-electron chi connectivity index (χ3n) is 5.13. The van der Waals surface area contributed by atoms with Crippen molar-refractivity contribution in [2.75, 3.05) is 11.5 Å². The number of fused-ring (bicyclic) bond motifs is 1. The number of ether oxygens (including phenoxy) is 1. The van der Waals surface area contributed by atoms with E-state index in [9.17, 15) is 9.18 Å². The molecule has 0 unspecified atom stereocenters. The summed E-state index contributed by atoms with van der Waals surface area (Å²) in [5.41, 5.74) is 14.9. The second-order valence-corrected chi connectivity index (χ2v) is 7.23. The highest BCUT2D eigenvalue weighted by atomic mass is 19.1. The maximum Gasteiger partial charge on any atom is 0.289 e. The number of halogens is 1. The van der Waals surface area contributed by atoms with Crippen molar-refractivity contribution >= 4 is 22.4 Å². The Hall–Kier alpha value is -4.59. The van der Waals surface area contributed by atoms with Gasteiger partial charge in [0.25, 0.3) is 5.56 Å². The van der Waals surface area contributed by atoms with Crippen LogP contribution in [0.4, 0.5) is 15.9 Å². The van der Waals surface area contributed by atoms with Gasteiger partial charge in [0.2, 0.25) is 0 Å². The summed E-state index contributed by atoms with van der Waals surface area (Å²) in [6.45, 7) is 0. The summed E-state index contributed by atoms with van der Waals surface area (Å²) in [6.07, 6.45) is 1.82. The van der Waals surface area contributed by atoms with Gasteiger partial charge in [-0.3, -0.25) is 4.79 Å². The molecule has 0 saturated heterocycles. The molecule has 0 aliphatic carbocycles. The van der Waals surface area contributed by atoms with Gasteiger partial charge in [-0.25, -0.2) is 9.49 Å². The minimum absolute atomic E-state index is 0.137. The van der Waals surface area contributed by atoms with E-state index in [1.54, 1.807) is 47.0 Å². The average molecular weight is 427 g/mol. The molecule has 0 atom stereocenters. The fourth-order valence-electron chi connectivity index (χ4n) is 3.66. The summed E-state index contributed by atoms with van der Waals surface area (Å²) in [7, 11) is 0. The van der Waals surface area contributed by atoms with E-state index in [0.29, 0.717) is 22.3 Å². The zero-order chi connectivity index (χ0) is 22.2. The fraction of sp³-hybridized carbons (Fsp3) is 0. The maximum absolute atomic E-state index is 13.9. The van der Waals surface area contributed by atoms with Crippen molar-refractivity contribution in [3.8, 4) is 28.3 Å². The van der Waals surface area contributed by atoms with Gasteiger partial charge in [0.05, 0.1) is 5.39 Å². The van der Waals surface area contributed by atoms with Crippen molar-refractivity contribution in [3.63, 3.8) is 0 Å². The normalized spacial score (nSPS) is 11.0. The van der Waals surface area contributed by atoms with Crippen LogP contribution in [0.2, 0.25) is 0 Å². The summed E-state index contributed by atoms with van der Waals surface area (Å²) in [6, 6.07) is 20.5. The molecule has 0 aliphatic heterocycles. The molecule has 0 spiro atoms. The number of nitrogens with two attached hydrogens (primary N) is 2. The number of aromatic nitrogens is 3. The minimum Gasteiger partial charge on any atom is -0.454 e. The van der Waals surface area contributed by atoms with Crippen LogP contribution in [0.5, 0.6) is 11.5 Å². The van der Waals surface area contributed by atoms with Crippen LogP contribution in [0.15, 0.2) is 83.8 Å². The number of benzene rings is 3. The quantitative estimate of drug-likeness (QED) is 0.366. The summed E-state index contributed by atoms with van der Waals surface area (Å²) < 4.78 is 21.2. The number of H-pyrrole nitrogens is 1. The van der Waals surface area contributed by atoms with Gasteiger partial charge in [-0.2, -0.15) is 5.10 Å². The molecule has 3 aromatic carbocycles. The molecule has 0 bridgehead atoms. The molecule has 5 aromatic rings. The molecule has 5 rings (SSSR count). The van der Waals surface area contributed by atoms with Crippen molar-refractivity contribution in [3.05, 3.63) is 95.2 Å². The Morgan fingerprint density at radius 2 is 1.75 bits per heavy atom. The van der Waals surface area contributed by atoms with E-state index in [2.05, 4.69) is 10.2 Å². The van der Waals surface area contributed by atoms with Gasteiger partial charge >= 0.3 is 0 Å². The Balaban J connectivity index is 1.62. The third-order valence-corrected chi connectivity index (χ3v) is 5.13. The van der Waals surface area contributed by atoms with Crippen molar-refractivity contribution in [1.29, 1.82) is 0 Å². The van der Waals surface area contributed by atoms with E-state index in [4.69, 9.17) is 16.2 Å². The number of nitrogens with one attached hydrogen (secondary N) is 1. The number of hydrogen-bond acceptors (Lipinski definition) is 5. The zero-order valence-electron chi connectivity index (χ0n) is 16.7. The topological polar surface area (TPSA) is 112 Å². The van der Waals surface area contributed by atoms with E-state index >= 15 is 0 Å². The molecular weight excluding hydrogens is 409 g/mol. The number of nitrogens with zero attached hydrogens (tertiary/aromatic N) is 2. The van der Waals surface area contributed by atoms with Gasteiger partial charge in [-0.15, -0.1) is 0 Å². The highest BCUT2D eigenvalue weighted by molar-refractivity contribution is 6.02. The molecule has 158 valence electrons. The smallest absolute Gasteiger partial charge is 0.289 e. The molecule has 0 saturated carbocycles. The van der Waals surface area contributed by atoms with E-state index in [1.165, 1.54) is 6.07 Å². The molecule has 0 amide bonds. The number of para-hydroxylation sites is 1. The lowest BCUT2D eigenvalue weighted by molar-refractivity contribution is 0.442. The maximum atomic E-state index is 13.9. The molecule has 32 heavy (non-hydrogen) atoms.